The number of hydrogen-bond donors (Lipinski definition) is 1. The molecule has 18 heavy (non-hydrogen) atoms. The zero-order valence-corrected chi connectivity index (χ0v) is 12.0. The molecule has 0 spiro atoms. The summed E-state index contributed by atoms with van der Waals surface area (Å²) in [4.78, 5) is 0. The Balaban J connectivity index is 2.18. The standard InChI is InChI=1S/C14H12Cl3N/c1-9(10-3-2-4-11(15)7-10)18-14-6-5-12(16)8-13(14)17/h2-9,18H,1H3. The first-order valence-electron chi connectivity index (χ1n) is 5.53. The SMILES string of the molecule is CC(Nc1ccc(Cl)cc1Cl)c1cccc(Cl)c1. The van der Waals surface area contributed by atoms with Crippen LogP contribution in [-0.2, 0) is 0 Å². The molecule has 0 aliphatic heterocycles. The highest BCUT2D eigenvalue weighted by atomic mass is 35.5. The molecule has 0 bridgehead atoms. The molecule has 0 amide bonds. The Kier molecular flexibility index (Phi) is 4.39. The highest BCUT2D eigenvalue weighted by molar-refractivity contribution is 6.36. The smallest absolute Gasteiger partial charge is 0.0652 e. The van der Waals surface area contributed by atoms with Crippen molar-refractivity contribution in [2.45, 2.75) is 13.0 Å². The van der Waals surface area contributed by atoms with E-state index in [9.17, 15) is 0 Å². The Hall–Kier alpha value is -0.890. The lowest BCUT2D eigenvalue weighted by Gasteiger charge is -2.17. The number of benzene rings is 2. The first-order valence-corrected chi connectivity index (χ1v) is 6.66. The average Bonchev–Trinajstić information content (AvgIpc) is 2.32. The van der Waals surface area contributed by atoms with Gasteiger partial charge in [-0.05, 0) is 42.8 Å². The van der Waals surface area contributed by atoms with Crippen LogP contribution in [0.3, 0.4) is 0 Å². The van der Waals surface area contributed by atoms with E-state index in [1.54, 1.807) is 12.1 Å². The Morgan fingerprint density at radius 3 is 2.33 bits per heavy atom. The number of rotatable bonds is 3. The second-order valence-corrected chi connectivity index (χ2v) is 5.33. The van der Waals surface area contributed by atoms with Crippen LogP contribution in [0.4, 0.5) is 5.69 Å². The molecule has 2 rings (SSSR count). The predicted octanol–water partition coefficient (Wildman–Crippen LogP) is 5.82. The van der Waals surface area contributed by atoms with Gasteiger partial charge in [0.15, 0.2) is 0 Å². The van der Waals surface area contributed by atoms with Crippen LogP contribution in [0.2, 0.25) is 15.1 Å². The average molecular weight is 301 g/mol. The number of anilines is 1. The molecule has 2 aromatic rings. The van der Waals surface area contributed by atoms with E-state index in [-0.39, 0.29) is 6.04 Å². The Morgan fingerprint density at radius 2 is 1.67 bits per heavy atom. The van der Waals surface area contributed by atoms with E-state index in [0.29, 0.717) is 10.0 Å². The fourth-order valence-corrected chi connectivity index (χ4v) is 2.36. The second kappa shape index (κ2) is 5.83. The third-order valence-electron chi connectivity index (χ3n) is 2.65. The van der Waals surface area contributed by atoms with Gasteiger partial charge in [-0.3, -0.25) is 0 Å². The third kappa shape index (κ3) is 3.32. The van der Waals surface area contributed by atoms with Crippen molar-refractivity contribution < 1.29 is 0 Å². The van der Waals surface area contributed by atoms with E-state index in [1.165, 1.54) is 0 Å². The molecule has 2 aromatic carbocycles. The van der Waals surface area contributed by atoms with Crippen molar-refractivity contribution in [2.24, 2.45) is 0 Å². The number of halogens is 3. The maximum atomic E-state index is 6.12. The minimum absolute atomic E-state index is 0.113. The molecule has 4 heteroatoms. The Morgan fingerprint density at radius 1 is 0.944 bits per heavy atom. The maximum absolute atomic E-state index is 6.12. The van der Waals surface area contributed by atoms with E-state index < -0.39 is 0 Å². The van der Waals surface area contributed by atoms with Crippen molar-refractivity contribution in [3.8, 4) is 0 Å². The van der Waals surface area contributed by atoms with Crippen molar-refractivity contribution in [1.82, 2.24) is 0 Å². The molecule has 0 saturated heterocycles. The largest absolute Gasteiger partial charge is 0.377 e. The van der Waals surface area contributed by atoms with Gasteiger partial charge in [0.2, 0.25) is 0 Å². The van der Waals surface area contributed by atoms with Gasteiger partial charge >= 0.3 is 0 Å². The molecule has 0 aliphatic carbocycles. The highest BCUT2D eigenvalue weighted by Crippen LogP contribution is 2.29. The number of nitrogens with one attached hydrogen (secondary N) is 1. The zero-order valence-electron chi connectivity index (χ0n) is 9.75. The third-order valence-corrected chi connectivity index (χ3v) is 3.43. The van der Waals surface area contributed by atoms with Gasteiger partial charge in [-0.2, -0.15) is 0 Å². The van der Waals surface area contributed by atoms with Crippen LogP contribution < -0.4 is 5.32 Å². The van der Waals surface area contributed by atoms with Crippen molar-refractivity contribution in [3.05, 3.63) is 63.1 Å². The van der Waals surface area contributed by atoms with Gasteiger partial charge in [0.1, 0.15) is 0 Å². The molecular formula is C14H12Cl3N. The van der Waals surface area contributed by atoms with Crippen LogP contribution >= 0.6 is 34.8 Å². The van der Waals surface area contributed by atoms with Gasteiger partial charge in [-0.1, -0.05) is 46.9 Å². The topological polar surface area (TPSA) is 12.0 Å². The summed E-state index contributed by atoms with van der Waals surface area (Å²) in [5.41, 5.74) is 1.96. The molecule has 1 N–H and O–H groups in total. The summed E-state index contributed by atoms with van der Waals surface area (Å²) in [5, 5.41) is 5.29. The van der Waals surface area contributed by atoms with Crippen molar-refractivity contribution in [1.29, 1.82) is 0 Å². The van der Waals surface area contributed by atoms with Gasteiger partial charge in [-0.25, -0.2) is 0 Å². The lowest BCUT2D eigenvalue weighted by atomic mass is 10.1. The molecule has 0 aromatic heterocycles. The van der Waals surface area contributed by atoms with E-state index in [0.717, 1.165) is 16.3 Å². The molecule has 1 unspecified atom stereocenters. The fourth-order valence-electron chi connectivity index (χ4n) is 1.70. The van der Waals surface area contributed by atoms with Crippen molar-refractivity contribution >= 4 is 40.5 Å². The molecular weight excluding hydrogens is 289 g/mol. The summed E-state index contributed by atoms with van der Waals surface area (Å²) >= 11 is 18.0. The quantitative estimate of drug-likeness (QED) is 0.753. The van der Waals surface area contributed by atoms with Gasteiger partial charge in [0.25, 0.3) is 0 Å². The normalized spacial score (nSPS) is 12.2. The molecule has 94 valence electrons. The monoisotopic (exact) mass is 299 g/mol. The Labute approximate surface area is 122 Å². The van der Waals surface area contributed by atoms with E-state index in [1.807, 2.05) is 30.3 Å². The van der Waals surface area contributed by atoms with E-state index in [4.69, 9.17) is 34.8 Å². The van der Waals surface area contributed by atoms with Crippen LogP contribution in [0.25, 0.3) is 0 Å². The lowest BCUT2D eigenvalue weighted by Crippen LogP contribution is -2.06. The summed E-state index contributed by atoms with van der Waals surface area (Å²) < 4.78 is 0. The predicted molar refractivity (Wildman–Crippen MR) is 80.0 cm³/mol. The molecule has 0 radical (unpaired) electrons. The van der Waals surface area contributed by atoms with E-state index >= 15 is 0 Å². The Bertz CT molecular complexity index is 554. The molecule has 0 aliphatic rings. The molecule has 0 fully saturated rings. The van der Waals surface area contributed by atoms with Crippen LogP contribution in [0.15, 0.2) is 42.5 Å². The zero-order chi connectivity index (χ0) is 13.1. The van der Waals surface area contributed by atoms with Gasteiger partial charge in [0.05, 0.1) is 10.7 Å². The van der Waals surface area contributed by atoms with Crippen LogP contribution in [-0.4, -0.2) is 0 Å². The molecule has 1 atom stereocenters. The minimum atomic E-state index is 0.113. The molecule has 0 saturated carbocycles. The van der Waals surface area contributed by atoms with Crippen LogP contribution in [0, 0.1) is 0 Å². The van der Waals surface area contributed by atoms with Gasteiger partial charge in [0, 0.05) is 16.1 Å². The fraction of sp³-hybridized carbons (Fsp3) is 0.143. The molecule has 1 nitrogen and oxygen atoms in total. The van der Waals surface area contributed by atoms with Crippen LogP contribution in [0.1, 0.15) is 18.5 Å². The second-order valence-electron chi connectivity index (χ2n) is 4.05. The first kappa shape index (κ1) is 13.5. The van der Waals surface area contributed by atoms with Crippen molar-refractivity contribution in [2.75, 3.05) is 5.32 Å². The van der Waals surface area contributed by atoms with Crippen LogP contribution in [0.5, 0.6) is 0 Å². The summed E-state index contributed by atoms with van der Waals surface area (Å²) in [7, 11) is 0. The first-order chi connectivity index (χ1) is 8.56. The van der Waals surface area contributed by atoms with E-state index in [2.05, 4.69) is 12.2 Å². The lowest BCUT2D eigenvalue weighted by molar-refractivity contribution is 0.885. The summed E-state index contributed by atoms with van der Waals surface area (Å²) in [6.07, 6.45) is 0. The van der Waals surface area contributed by atoms with Crippen molar-refractivity contribution in [3.63, 3.8) is 0 Å². The molecule has 0 heterocycles. The van der Waals surface area contributed by atoms with Gasteiger partial charge in [-0.15, -0.1) is 0 Å². The summed E-state index contributed by atoms with van der Waals surface area (Å²) in [5.74, 6) is 0. The van der Waals surface area contributed by atoms with Gasteiger partial charge < -0.3 is 5.32 Å². The summed E-state index contributed by atoms with van der Waals surface area (Å²) in [6.45, 7) is 2.05. The highest BCUT2D eigenvalue weighted by Gasteiger charge is 2.08. The maximum Gasteiger partial charge on any atom is 0.0652 e. The number of hydrogen-bond acceptors (Lipinski definition) is 1. The minimum Gasteiger partial charge on any atom is -0.377 e. The summed E-state index contributed by atoms with van der Waals surface area (Å²) in [6, 6.07) is 13.2.